The van der Waals surface area contributed by atoms with Crippen LogP contribution >= 0.6 is 0 Å². The number of fused-ring (bicyclic) bond motifs is 1. The van der Waals surface area contributed by atoms with Gasteiger partial charge in [-0.05, 0) is 25.3 Å². The number of Topliss-reactive ketones (excluding diaryl/α,β-unsaturated/α-hetero) is 1. The van der Waals surface area contributed by atoms with Crippen LogP contribution in [0.1, 0.15) is 42.6 Å². The van der Waals surface area contributed by atoms with Gasteiger partial charge in [-0.1, -0.05) is 31.2 Å². The number of amides is 1. The van der Waals surface area contributed by atoms with E-state index in [4.69, 9.17) is 0 Å². The van der Waals surface area contributed by atoms with Crippen molar-refractivity contribution in [3.8, 4) is 0 Å². The second-order valence-corrected chi connectivity index (χ2v) is 5.00. The number of carbonyl (C=O) groups excluding carboxylic acids is 2. The molecule has 1 aromatic rings. The van der Waals surface area contributed by atoms with Crippen molar-refractivity contribution < 1.29 is 9.59 Å². The van der Waals surface area contributed by atoms with Crippen molar-refractivity contribution in [1.82, 2.24) is 5.32 Å². The molecule has 0 radical (unpaired) electrons. The zero-order valence-electron chi connectivity index (χ0n) is 10.9. The molecular formula is C15H19NO2. The molecule has 2 rings (SSSR count). The minimum absolute atomic E-state index is 0.00667. The van der Waals surface area contributed by atoms with Crippen molar-refractivity contribution in [3.63, 3.8) is 0 Å². The maximum atomic E-state index is 12.1. The summed E-state index contributed by atoms with van der Waals surface area (Å²) in [5, 5.41) is 2.96. The smallest absolute Gasteiger partial charge is 0.224 e. The van der Waals surface area contributed by atoms with Gasteiger partial charge in [0.05, 0.1) is 0 Å². The van der Waals surface area contributed by atoms with Gasteiger partial charge in [-0.15, -0.1) is 0 Å². The van der Waals surface area contributed by atoms with Crippen molar-refractivity contribution in [2.75, 3.05) is 0 Å². The molecule has 0 saturated carbocycles. The highest BCUT2D eigenvalue weighted by Crippen LogP contribution is 2.25. The molecule has 0 aromatic heterocycles. The average molecular weight is 245 g/mol. The van der Waals surface area contributed by atoms with Crippen LogP contribution in [-0.4, -0.2) is 17.7 Å². The van der Waals surface area contributed by atoms with E-state index in [-0.39, 0.29) is 23.7 Å². The maximum absolute atomic E-state index is 12.1. The van der Waals surface area contributed by atoms with Crippen LogP contribution in [0.25, 0.3) is 0 Å². The van der Waals surface area contributed by atoms with Crippen LogP contribution in [0.3, 0.4) is 0 Å². The molecule has 1 N–H and O–H groups in total. The summed E-state index contributed by atoms with van der Waals surface area (Å²) >= 11 is 0. The summed E-state index contributed by atoms with van der Waals surface area (Å²) in [4.78, 5) is 24.0. The van der Waals surface area contributed by atoms with E-state index in [1.54, 1.807) is 0 Å². The molecule has 2 unspecified atom stereocenters. The number of rotatable bonds is 3. The Labute approximate surface area is 108 Å². The summed E-state index contributed by atoms with van der Waals surface area (Å²) in [6, 6.07) is 7.75. The first kappa shape index (κ1) is 12.8. The van der Waals surface area contributed by atoms with E-state index in [0.29, 0.717) is 12.8 Å². The standard InChI is InChI=1S/C15H19NO2/c1-3-10(2)16-15(18)12-8-11-6-4-5-7-13(11)14(17)9-12/h4-7,10,12H,3,8-9H2,1-2H3,(H,16,18). The molecule has 0 bridgehead atoms. The van der Waals surface area contributed by atoms with Gasteiger partial charge in [0.2, 0.25) is 5.91 Å². The molecule has 3 heteroatoms. The van der Waals surface area contributed by atoms with E-state index in [2.05, 4.69) is 5.32 Å². The first-order valence-corrected chi connectivity index (χ1v) is 6.53. The molecule has 0 saturated heterocycles. The predicted molar refractivity (Wildman–Crippen MR) is 70.5 cm³/mol. The lowest BCUT2D eigenvalue weighted by atomic mass is 9.82. The van der Waals surface area contributed by atoms with E-state index < -0.39 is 0 Å². The highest BCUT2D eigenvalue weighted by Gasteiger charge is 2.29. The highest BCUT2D eigenvalue weighted by atomic mass is 16.2. The fourth-order valence-corrected chi connectivity index (χ4v) is 2.29. The highest BCUT2D eigenvalue weighted by molar-refractivity contribution is 6.01. The van der Waals surface area contributed by atoms with Crippen LogP contribution in [0.15, 0.2) is 24.3 Å². The SMILES string of the molecule is CCC(C)NC(=O)C1CC(=O)c2ccccc2C1. The van der Waals surface area contributed by atoms with E-state index in [9.17, 15) is 9.59 Å². The molecule has 1 aliphatic carbocycles. The largest absolute Gasteiger partial charge is 0.353 e. The summed E-state index contributed by atoms with van der Waals surface area (Å²) in [6.07, 6.45) is 1.91. The first-order chi connectivity index (χ1) is 8.61. The predicted octanol–water partition coefficient (Wildman–Crippen LogP) is 2.35. The molecule has 3 nitrogen and oxygen atoms in total. The van der Waals surface area contributed by atoms with E-state index in [1.807, 2.05) is 38.1 Å². The van der Waals surface area contributed by atoms with Gasteiger partial charge in [-0.3, -0.25) is 9.59 Å². The van der Waals surface area contributed by atoms with E-state index >= 15 is 0 Å². The van der Waals surface area contributed by atoms with Gasteiger partial charge in [0.15, 0.2) is 5.78 Å². The summed E-state index contributed by atoms with van der Waals surface area (Å²) < 4.78 is 0. The second kappa shape index (κ2) is 5.34. The van der Waals surface area contributed by atoms with Crippen molar-refractivity contribution >= 4 is 11.7 Å². The molecule has 1 amide bonds. The summed E-state index contributed by atoms with van der Waals surface area (Å²) in [7, 11) is 0. The number of carbonyl (C=O) groups is 2. The van der Waals surface area contributed by atoms with Gasteiger partial charge in [0.1, 0.15) is 0 Å². The van der Waals surface area contributed by atoms with Crippen LogP contribution in [0.4, 0.5) is 0 Å². The van der Waals surface area contributed by atoms with Crippen molar-refractivity contribution in [3.05, 3.63) is 35.4 Å². The lowest BCUT2D eigenvalue weighted by Crippen LogP contribution is -2.40. The van der Waals surface area contributed by atoms with Crippen molar-refractivity contribution in [2.24, 2.45) is 5.92 Å². The zero-order valence-corrected chi connectivity index (χ0v) is 10.9. The fraction of sp³-hybridized carbons (Fsp3) is 0.467. The quantitative estimate of drug-likeness (QED) is 0.888. The average Bonchev–Trinajstić information content (AvgIpc) is 2.38. The Kier molecular flexibility index (Phi) is 3.80. The van der Waals surface area contributed by atoms with Crippen LogP contribution in [0.5, 0.6) is 0 Å². The van der Waals surface area contributed by atoms with Crippen LogP contribution < -0.4 is 5.32 Å². The monoisotopic (exact) mass is 245 g/mol. The normalized spacial score (nSPS) is 20.1. The Balaban J connectivity index is 2.11. The Morgan fingerprint density at radius 3 is 2.83 bits per heavy atom. The fourth-order valence-electron chi connectivity index (χ4n) is 2.29. The Morgan fingerprint density at radius 1 is 1.39 bits per heavy atom. The van der Waals surface area contributed by atoms with Gasteiger partial charge in [0.25, 0.3) is 0 Å². The minimum atomic E-state index is -0.207. The number of benzene rings is 1. The Hall–Kier alpha value is -1.64. The second-order valence-electron chi connectivity index (χ2n) is 5.00. The molecule has 1 aliphatic rings. The van der Waals surface area contributed by atoms with Gasteiger partial charge in [-0.25, -0.2) is 0 Å². The number of nitrogens with one attached hydrogen (secondary N) is 1. The Morgan fingerprint density at radius 2 is 2.11 bits per heavy atom. The lowest BCUT2D eigenvalue weighted by Gasteiger charge is -2.24. The van der Waals surface area contributed by atoms with Crippen LogP contribution in [-0.2, 0) is 11.2 Å². The summed E-state index contributed by atoms with van der Waals surface area (Å²) in [6.45, 7) is 4.02. The molecule has 1 aromatic carbocycles. The maximum Gasteiger partial charge on any atom is 0.224 e. The van der Waals surface area contributed by atoms with Gasteiger partial charge >= 0.3 is 0 Å². The molecule has 0 fully saturated rings. The third kappa shape index (κ3) is 2.61. The summed E-state index contributed by atoms with van der Waals surface area (Å²) in [5.74, 6) is -0.116. The molecule has 2 atom stereocenters. The first-order valence-electron chi connectivity index (χ1n) is 6.53. The zero-order chi connectivity index (χ0) is 13.1. The number of ketones is 1. The number of hydrogen-bond donors (Lipinski definition) is 1. The molecule has 0 heterocycles. The molecule has 0 spiro atoms. The van der Waals surface area contributed by atoms with Gasteiger partial charge < -0.3 is 5.32 Å². The van der Waals surface area contributed by atoms with Crippen LogP contribution in [0, 0.1) is 5.92 Å². The van der Waals surface area contributed by atoms with Crippen molar-refractivity contribution in [1.29, 1.82) is 0 Å². The van der Waals surface area contributed by atoms with Gasteiger partial charge in [0, 0.05) is 23.9 Å². The molecular weight excluding hydrogens is 226 g/mol. The van der Waals surface area contributed by atoms with E-state index in [1.165, 1.54) is 0 Å². The van der Waals surface area contributed by atoms with E-state index in [0.717, 1.165) is 17.5 Å². The Bertz CT molecular complexity index is 467. The third-order valence-corrected chi connectivity index (χ3v) is 3.59. The third-order valence-electron chi connectivity index (χ3n) is 3.59. The number of hydrogen-bond acceptors (Lipinski definition) is 2. The van der Waals surface area contributed by atoms with Crippen LogP contribution in [0.2, 0.25) is 0 Å². The van der Waals surface area contributed by atoms with Gasteiger partial charge in [-0.2, -0.15) is 0 Å². The topological polar surface area (TPSA) is 46.2 Å². The molecule has 96 valence electrons. The summed E-state index contributed by atoms with van der Waals surface area (Å²) in [5.41, 5.74) is 1.78. The molecule has 18 heavy (non-hydrogen) atoms. The minimum Gasteiger partial charge on any atom is -0.353 e. The molecule has 0 aliphatic heterocycles. The lowest BCUT2D eigenvalue weighted by molar-refractivity contribution is -0.125. The van der Waals surface area contributed by atoms with Crippen molar-refractivity contribution in [2.45, 2.75) is 39.2 Å².